The standard InChI is InChI=1S/C24H30FN3O2/c1-17(2)23(18-8-10-20(25)11-9-18)27-22(29)16-28-14-12-19(13-15-28)24(30)26-21-6-4-3-5-7-21/h3-11,17,19,23H,12-16H2,1-2H3,(H,26,30)(H,27,29). The minimum atomic E-state index is -0.285. The molecule has 2 aromatic carbocycles. The van der Waals surface area contributed by atoms with Crippen LogP contribution in [-0.2, 0) is 9.59 Å². The minimum Gasteiger partial charge on any atom is -0.348 e. The second-order valence-corrected chi connectivity index (χ2v) is 8.25. The Bertz CT molecular complexity index is 831. The molecule has 160 valence electrons. The van der Waals surface area contributed by atoms with Crippen LogP contribution < -0.4 is 10.6 Å². The molecule has 3 rings (SSSR count). The van der Waals surface area contributed by atoms with Crippen LogP contribution in [0.1, 0.15) is 38.3 Å². The maximum Gasteiger partial charge on any atom is 0.234 e. The number of benzene rings is 2. The summed E-state index contributed by atoms with van der Waals surface area (Å²) < 4.78 is 13.2. The molecule has 0 radical (unpaired) electrons. The van der Waals surface area contributed by atoms with Gasteiger partial charge in [-0.1, -0.05) is 44.2 Å². The smallest absolute Gasteiger partial charge is 0.234 e. The number of carbonyl (C=O) groups excluding carboxylic acids is 2. The van der Waals surface area contributed by atoms with E-state index in [0.717, 1.165) is 24.1 Å². The van der Waals surface area contributed by atoms with E-state index in [-0.39, 0.29) is 35.5 Å². The molecule has 5 nitrogen and oxygen atoms in total. The highest BCUT2D eigenvalue weighted by atomic mass is 19.1. The molecule has 1 aliphatic rings. The zero-order chi connectivity index (χ0) is 21.5. The van der Waals surface area contributed by atoms with Crippen LogP contribution in [0.25, 0.3) is 0 Å². The number of para-hydroxylation sites is 1. The average molecular weight is 412 g/mol. The van der Waals surface area contributed by atoms with Gasteiger partial charge in [-0.3, -0.25) is 14.5 Å². The Hall–Kier alpha value is -2.73. The Kier molecular flexibility index (Phi) is 7.57. The summed E-state index contributed by atoms with van der Waals surface area (Å²) in [4.78, 5) is 27.2. The van der Waals surface area contributed by atoms with E-state index in [1.807, 2.05) is 44.2 Å². The Morgan fingerprint density at radius 1 is 1.03 bits per heavy atom. The molecule has 0 bridgehead atoms. The third-order valence-electron chi connectivity index (χ3n) is 5.58. The molecule has 0 saturated carbocycles. The van der Waals surface area contributed by atoms with Gasteiger partial charge in [0.15, 0.2) is 0 Å². The van der Waals surface area contributed by atoms with Gasteiger partial charge in [0.1, 0.15) is 5.82 Å². The van der Waals surface area contributed by atoms with Crippen LogP contribution in [0.3, 0.4) is 0 Å². The van der Waals surface area contributed by atoms with Crippen molar-refractivity contribution >= 4 is 17.5 Å². The summed E-state index contributed by atoms with van der Waals surface area (Å²) in [5.74, 6) is -0.141. The van der Waals surface area contributed by atoms with Gasteiger partial charge in [-0.25, -0.2) is 4.39 Å². The SMILES string of the molecule is CC(C)C(NC(=O)CN1CCC(C(=O)Nc2ccccc2)CC1)c1ccc(F)cc1. The van der Waals surface area contributed by atoms with Crippen molar-refractivity contribution in [2.75, 3.05) is 25.0 Å². The van der Waals surface area contributed by atoms with E-state index >= 15 is 0 Å². The highest BCUT2D eigenvalue weighted by molar-refractivity contribution is 5.92. The van der Waals surface area contributed by atoms with Gasteiger partial charge in [-0.2, -0.15) is 0 Å². The van der Waals surface area contributed by atoms with Gasteiger partial charge in [0.25, 0.3) is 0 Å². The fourth-order valence-corrected chi connectivity index (χ4v) is 3.85. The molecule has 0 aromatic heterocycles. The number of anilines is 1. The van der Waals surface area contributed by atoms with Crippen LogP contribution in [0.4, 0.5) is 10.1 Å². The monoisotopic (exact) mass is 411 g/mol. The lowest BCUT2D eigenvalue weighted by atomic mass is 9.95. The van der Waals surface area contributed by atoms with Gasteiger partial charge in [0, 0.05) is 11.6 Å². The van der Waals surface area contributed by atoms with E-state index in [9.17, 15) is 14.0 Å². The van der Waals surface area contributed by atoms with E-state index in [4.69, 9.17) is 0 Å². The number of piperidine rings is 1. The molecule has 1 aliphatic heterocycles. The molecule has 0 spiro atoms. The van der Waals surface area contributed by atoms with Crippen LogP contribution >= 0.6 is 0 Å². The van der Waals surface area contributed by atoms with E-state index in [0.29, 0.717) is 19.6 Å². The number of nitrogens with one attached hydrogen (secondary N) is 2. The summed E-state index contributed by atoms with van der Waals surface area (Å²) in [5.41, 5.74) is 1.71. The molecule has 1 unspecified atom stereocenters. The first kappa shape index (κ1) is 22.0. The fourth-order valence-electron chi connectivity index (χ4n) is 3.85. The first-order valence-electron chi connectivity index (χ1n) is 10.6. The van der Waals surface area contributed by atoms with Gasteiger partial charge >= 0.3 is 0 Å². The highest BCUT2D eigenvalue weighted by Gasteiger charge is 2.27. The van der Waals surface area contributed by atoms with Gasteiger partial charge in [-0.15, -0.1) is 0 Å². The number of likely N-dealkylation sites (tertiary alicyclic amines) is 1. The van der Waals surface area contributed by atoms with Crippen LogP contribution in [0, 0.1) is 17.7 Å². The largest absolute Gasteiger partial charge is 0.348 e. The summed E-state index contributed by atoms with van der Waals surface area (Å²) in [6.07, 6.45) is 1.47. The summed E-state index contributed by atoms with van der Waals surface area (Å²) in [7, 11) is 0. The Morgan fingerprint density at radius 3 is 2.27 bits per heavy atom. The first-order valence-corrected chi connectivity index (χ1v) is 10.6. The number of halogens is 1. The average Bonchev–Trinajstić information content (AvgIpc) is 2.74. The molecular weight excluding hydrogens is 381 g/mol. The molecule has 6 heteroatoms. The summed E-state index contributed by atoms with van der Waals surface area (Å²) >= 11 is 0. The normalized spacial score (nSPS) is 16.3. The van der Waals surface area contributed by atoms with E-state index < -0.39 is 0 Å². The first-order chi connectivity index (χ1) is 14.4. The fraction of sp³-hybridized carbons (Fsp3) is 0.417. The zero-order valence-electron chi connectivity index (χ0n) is 17.6. The number of rotatable bonds is 7. The molecule has 2 N–H and O–H groups in total. The molecule has 1 atom stereocenters. The predicted octanol–water partition coefficient (Wildman–Crippen LogP) is 3.99. The maximum absolute atomic E-state index is 13.2. The van der Waals surface area contributed by atoms with Gasteiger partial charge < -0.3 is 10.6 Å². The number of nitrogens with zero attached hydrogens (tertiary/aromatic N) is 1. The third kappa shape index (κ3) is 6.13. The maximum atomic E-state index is 13.2. The Balaban J connectivity index is 1.47. The Labute approximate surface area is 177 Å². The van der Waals surface area contributed by atoms with Crippen molar-refractivity contribution in [1.82, 2.24) is 10.2 Å². The molecule has 30 heavy (non-hydrogen) atoms. The molecular formula is C24H30FN3O2. The van der Waals surface area contributed by atoms with Crippen LogP contribution in [-0.4, -0.2) is 36.3 Å². The number of carbonyl (C=O) groups is 2. The molecule has 1 fully saturated rings. The van der Waals surface area contributed by atoms with Crippen LogP contribution in [0.15, 0.2) is 54.6 Å². The van der Waals surface area contributed by atoms with E-state index in [1.54, 1.807) is 12.1 Å². The number of hydrogen-bond donors (Lipinski definition) is 2. The van der Waals surface area contributed by atoms with Crippen molar-refractivity contribution in [3.05, 3.63) is 66.0 Å². The third-order valence-corrected chi connectivity index (χ3v) is 5.58. The number of amides is 2. The molecule has 1 saturated heterocycles. The van der Waals surface area contributed by atoms with Gasteiger partial charge in [0.05, 0.1) is 12.6 Å². The molecule has 2 amide bonds. The lowest BCUT2D eigenvalue weighted by Crippen LogP contribution is -2.44. The summed E-state index contributed by atoms with van der Waals surface area (Å²) in [6, 6.07) is 15.6. The summed E-state index contributed by atoms with van der Waals surface area (Å²) in [5, 5.41) is 6.05. The van der Waals surface area contributed by atoms with Crippen molar-refractivity contribution in [1.29, 1.82) is 0 Å². The van der Waals surface area contributed by atoms with Crippen molar-refractivity contribution in [3.8, 4) is 0 Å². The van der Waals surface area contributed by atoms with Crippen molar-refractivity contribution < 1.29 is 14.0 Å². The van der Waals surface area contributed by atoms with E-state index in [1.165, 1.54) is 12.1 Å². The lowest BCUT2D eigenvalue weighted by Gasteiger charge is -2.31. The van der Waals surface area contributed by atoms with Gasteiger partial charge in [-0.05, 0) is 61.7 Å². The lowest BCUT2D eigenvalue weighted by molar-refractivity contribution is -0.124. The van der Waals surface area contributed by atoms with E-state index in [2.05, 4.69) is 15.5 Å². The second-order valence-electron chi connectivity index (χ2n) is 8.25. The highest BCUT2D eigenvalue weighted by Crippen LogP contribution is 2.23. The van der Waals surface area contributed by atoms with Crippen LogP contribution in [0.2, 0.25) is 0 Å². The zero-order valence-corrected chi connectivity index (χ0v) is 17.6. The Morgan fingerprint density at radius 2 is 1.67 bits per heavy atom. The number of hydrogen-bond acceptors (Lipinski definition) is 3. The molecule has 2 aromatic rings. The topological polar surface area (TPSA) is 61.4 Å². The minimum absolute atomic E-state index is 0.0351. The van der Waals surface area contributed by atoms with Crippen molar-refractivity contribution in [2.24, 2.45) is 11.8 Å². The van der Waals surface area contributed by atoms with Crippen molar-refractivity contribution in [2.45, 2.75) is 32.7 Å². The molecule has 0 aliphatic carbocycles. The summed E-state index contributed by atoms with van der Waals surface area (Å²) in [6.45, 7) is 5.79. The van der Waals surface area contributed by atoms with Gasteiger partial charge in [0.2, 0.25) is 11.8 Å². The quantitative estimate of drug-likeness (QED) is 0.724. The van der Waals surface area contributed by atoms with Crippen molar-refractivity contribution in [3.63, 3.8) is 0 Å². The molecule has 1 heterocycles. The van der Waals surface area contributed by atoms with Crippen LogP contribution in [0.5, 0.6) is 0 Å². The second kappa shape index (κ2) is 10.3. The predicted molar refractivity (Wildman–Crippen MR) is 116 cm³/mol.